The van der Waals surface area contributed by atoms with E-state index in [4.69, 9.17) is 18.9 Å². The highest BCUT2D eigenvalue weighted by molar-refractivity contribution is 6.28. The van der Waals surface area contributed by atoms with Gasteiger partial charge in [0.05, 0.1) is 29.0 Å². The summed E-state index contributed by atoms with van der Waals surface area (Å²) >= 11 is 0. The molecule has 0 aromatic heterocycles. The molecule has 81 heavy (non-hydrogen) atoms. The van der Waals surface area contributed by atoms with Crippen LogP contribution in [0.5, 0.6) is 0 Å². The van der Waals surface area contributed by atoms with E-state index in [1.54, 1.807) is 24.3 Å². The van der Waals surface area contributed by atoms with Gasteiger partial charge in [-0.25, -0.2) is 19.4 Å². The molecular formula is C62H49F3N6O10. The molecule has 0 N–H and O–H groups in total. The van der Waals surface area contributed by atoms with Gasteiger partial charge in [0.15, 0.2) is 11.3 Å². The van der Waals surface area contributed by atoms with E-state index >= 15 is 13.2 Å². The molecule has 0 spiro atoms. The number of benzene rings is 4. The fourth-order valence-electron chi connectivity index (χ4n) is 9.57. The molecule has 4 amide bonds. The second-order valence-corrected chi connectivity index (χ2v) is 19.3. The zero-order valence-electron chi connectivity index (χ0n) is 43.9. The smallest absolute Gasteiger partial charge is 0.437 e. The van der Waals surface area contributed by atoms with E-state index in [1.165, 1.54) is 97.1 Å². The average Bonchev–Trinajstić information content (AvgIpc) is 2.92. The minimum Gasteiger partial charge on any atom is -0.489 e. The molecule has 1 unspecified atom stereocenters. The Morgan fingerprint density at radius 1 is 0.704 bits per heavy atom. The molecule has 1 atom stereocenters. The molecule has 0 saturated heterocycles. The van der Waals surface area contributed by atoms with Gasteiger partial charge in [0.2, 0.25) is 0 Å². The highest BCUT2D eigenvalue weighted by Gasteiger charge is 2.65. The Bertz CT molecular complexity index is 3540. The van der Waals surface area contributed by atoms with Gasteiger partial charge in [-0.1, -0.05) is 86.7 Å². The lowest BCUT2D eigenvalue weighted by Crippen LogP contribution is -2.43. The molecule has 3 heterocycles. The summed E-state index contributed by atoms with van der Waals surface area (Å²) in [5.41, 5.74) is -2.45. The van der Waals surface area contributed by atoms with Crippen molar-refractivity contribution in [2.24, 2.45) is 5.41 Å². The number of carbonyl (C=O) groups is 6. The quantitative estimate of drug-likeness (QED) is 0.0392. The van der Waals surface area contributed by atoms with Gasteiger partial charge >= 0.3 is 18.1 Å². The van der Waals surface area contributed by atoms with Crippen LogP contribution in [0.25, 0.3) is 6.08 Å². The SMILES string of the molecule is CCN(CCOC(=O)c1ccc(N2C(=O)C=CC2=O)cc1)c1ccc(/C=C\C2=C(OCCOC(=O)c3ccc(N4C(=O)C=CC4=O)cc3)C(=C/C=C\C3=C(C#N)C(=C(C#N)C#N)OC3(c3ccccc3)C(F)(F)F)/CC(C)(C)C2)cc1. The molecule has 16 nitrogen and oxygen atoms in total. The Kier molecular flexibility index (Phi) is 17.0. The predicted octanol–water partition coefficient (Wildman–Crippen LogP) is 10.3. The number of esters is 2. The van der Waals surface area contributed by atoms with Crippen molar-refractivity contribution in [1.82, 2.24) is 0 Å². The van der Waals surface area contributed by atoms with Crippen molar-refractivity contribution in [3.8, 4) is 18.2 Å². The van der Waals surface area contributed by atoms with Gasteiger partial charge in [-0.15, -0.1) is 0 Å². The van der Waals surface area contributed by atoms with Crippen molar-refractivity contribution in [1.29, 1.82) is 15.8 Å². The summed E-state index contributed by atoms with van der Waals surface area (Å²) in [5.74, 6) is -3.76. The molecule has 4 aliphatic rings. The third-order valence-electron chi connectivity index (χ3n) is 13.4. The normalized spacial score (nSPS) is 18.2. The standard InChI is InChI=1S/C62H49F3N6O10/c1-4-69(31-32-79-58(76)41-17-23-48(24-18-41)70-52(72)27-28-53(70)73)47-21-14-40(15-22-47)13-16-44-36-60(2,3)35-43(56(44)78-33-34-80-59(77)42-19-25-49(26-20-42)71-54(74)29-30-55(71)75)9-8-12-51-50(39-68)57(45(37-66)38-67)81-61(51,62(63,64)65)46-10-6-5-7-11-46/h5-30H,4,31-36H2,1-3H3/b12-8-,16-13-,43-9+. The zero-order valence-corrected chi connectivity index (χ0v) is 43.9. The van der Waals surface area contributed by atoms with Crippen LogP contribution in [0.2, 0.25) is 0 Å². The van der Waals surface area contributed by atoms with Gasteiger partial charge in [-0.05, 0) is 103 Å². The number of allylic oxidation sites excluding steroid dienone is 7. The first-order valence-electron chi connectivity index (χ1n) is 25.3. The third kappa shape index (κ3) is 12.2. The molecule has 408 valence electrons. The van der Waals surface area contributed by atoms with Crippen molar-refractivity contribution >= 4 is 58.7 Å². The molecule has 19 heteroatoms. The highest BCUT2D eigenvalue weighted by Crippen LogP contribution is 2.56. The van der Waals surface area contributed by atoms with Crippen LogP contribution in [-0.4, -0.2) is 74.7 Å². The van der Waals surface area contributed by atoms with Crippen LogP contribution in [0, 0.1) is 39.4 Å². The lowest BCUT2D eigenvalue weighted by Gasteiger charge is -2.34. The van der Waals surface area contributed by atoms with Crippen molar-refractivity contribution < 1.29 is 60.9 Å². The van der Waals surface area contributed by atoms with Crippen molar-refractivity contribution in [2.75, 3.05) is 47.6 Å². The number of nitriles is 3. The largest absolute Gasteiger partial charge is 0.489 e. The minimum absolute atomic E-state index is 0.0545. The van der Waals surface area contributed by atoms with Crippen LogP contribution < -0.4 is 14.7 Å². The van der Waals surface area contributed by atoms with E-state index in [0.29, 0.717) is 48.5 Å². The Balaban J connectivity index is 1.05. The van der Waals surface area contributed by atoms with Gasteiger partial charge in [-0.3, -0.25) is 19.2 Å². The number of carbonyl (C=O) groups excluding carboxylic acids is 6. The number of hydrogen-bond donors (Lipinski definition) is 0. The lowest BCUT2D eigenvalue weighted by atomic mass is 9.74. The maximum atomic E-state index is 15.6. The number of rotatable bonds is 18. The first-order valence-corrected chi connectivity index (χ1v) is 25.3. The van der Waals surface area contributed by atoms with Gasteiger partial charge in [0, 0.05) is 47.7 Å². The van der Waals surface area contributed by atoms with E-state index in [0.717, 1.165) is 39.3 Å². The summed E-state index contributed by atoms with van der Waals surface area (Å²) in [4.78, 5) is 78.5. The second kappa shape index (κ2) is 24.1. The van der Waals surface area contributed by atoms with Crippen LogP contribution in [0.3, 0.4) is 0 Å². The minimum atomic E-state index is -5.21. The maximum absolute atomic E-state index is 15.6. The number of imide groups is 2. The van der Waals surface area contributed by atoms with Gasteiger partial charge in [0.1, 0.15) is 49.4 Å². The van der Waals surface area contributed by atoms with Crippen LogP contribution in [-0.2, 0) is 43.7 Å². The Morgan fingerprint density at radius 2 is 1.25 bits per heavy atom. The molecular weight excluding hydrogens is 1050 g/mol. The number of ether oxygens (including phenoxy) is 4. The molecule has 8 rings (SSSR count). The van der Waals surface area contributed by atoms with Crippen LogP contribution in [0.1, 0.15) is 65.5 Å². The number of nitrogens with zero attached hydrogens (tertiary/aromatic N) is 6. The number of hydrogen-bond acceptors (Lipinski definition) is 14. The number of amides is 4. The van der Waals surface area contributed by atoms with Crippen molar-refractivity contribution in [3.63, 3.8) is 0 Å². The summed E-state index contributed by atoms with van der Waals surface area (Å²) < 4.78 is 69.9. The van der Waals surface area contributed by atoms with Gasteiger partial charge in [0.25, 0.3) is 29.2 Å². The molecule has 0 radical (unpaired) electrons. The van der Waals surface area contributed by atoms with Crippen LogP contribution in [0.15, 0.2) is 191 Å². The summed E-state index contributed by atoms with van der Waals surface area (Å²) in [6, 6.07) is 30.6. The fourth-order valence-corrected chi connectivity index (χ4v) is 9.57. The highest BCUT2D eigenvalue weighted by atomic mass is 19.4. The predicted molar refractivity (Wildman–Crippen MR) is 289 cm³/mol. The summed E-state index contributed by atoms with van der Waals surface area (Å²) in [7, 11) is 0. The van der Waals surface area contributed by atoms with E-state index in [1.807, 2.05) is 62.1 Å². The van der Waals surface area contributed by atoms with Crippen LogP contribution >= 0.6 is 0 Å². The van der Waals surface area contributed by atoms with E-state index in [2.05, 4.69) is 0 Å². The molecule has 1 aliphatic carbocycles. The van der Waals surface area contributed by atoms with E-state index in [-0.39, 0.29) is 36.6 Å². The molecule has 0 saturated carbocycles. The number of anilines is 3. The first-order chi connectivity index (χ1) is 38.8. The number of likely N-dealkylation sites (N-methyl/N-ethyl adjacent to an activating group) is 1. The summed E-state index contributed by atoms with van der Waals surface area (Å²) in [5, 5.41) is 29.8. The van der Waals surface area contributed by atoms with Gasteiger partial charge < -0.3 is 23.8 Å². The topological polar surface area (TPSA) is 220 Å². The fraction of sp³-hybridized carbons (Fsp3) is 0.210. The molecule has 3 aliphatic heterocycles. The third-order valence-corrected chi connectivity index (χ3v) is 13.4. The second-order valence-electron chi connectivity index (χ2n) is 19.3. The summed E-state index contributed by atoms with van der Waals surface area (Å²) in [6.07, 6.45) is 7.90. The maximum Gasteiger partial charge on any atom is 0.437 e. The van der Waals surface area contributed by atoms with E-state index in [9.17, 15) is 44.6 Å². The Labute approximate surface area is 463 Å². The first kappa shape index (κ1) is 56.9. The van der Waals surface area contributed by atoms with E-state index < -0.39 is 80.8 Å². The molecule has 0 fully saturated rings. The zero-order chi connectivity index (χ0) is 58.1. The molecule has 4 aromatic rings. The Hall–Kier alpha value is -10.3. The number of halogens is 3. The lowest BCUT2D eigenvalue weighted by molar-refractivity contribution is -0.249. The number of alkyl halides is 3. The summed E-state index contributed by atoms with van der Waals surface area (Å²) in [6.45, 7) is 6.52. The molecule has 0 bridgehead atoms. The average molecular weight is 1100 g/mol. The van der Waals surface area contributed by atoms with Crippen molar-refractivity contribution in [3.05, 3.63) is 213 Å². The van der Waals surface area contributed by atoms with Crippen LogP contribution in [0.4, 0.5) is 30.2 Å². The monoisotopic (exact) mass is 1090 g/mol. The van der Waals surface area contributed by atoms with Crippen molar-refractivity contribution in [2.45, 2.75) is 45.4 Å². The molecule has 4 aromatic carbocycles. The van der Waals surface area contributed by atoms with Gasteiger partial charge in [-0.2, -0.15) is 29.0 Å². The Morgan fingerprint density at radius 3 is 1.75 bits per heavy atom.